The van der Waals surface area contributed by atoms with Gasteiger partial charge in [-0.15, -0.1) is 0 Å². The highest BCUT2D eigenvalue weighted by Gasteiger charge is 2.36. The molecule has 2 aliphatic rings. The standard InChI is InChI=1S/C23H14N4O4S/c24-19-17(12-16-10-11-18(31-16)13-6-8-15(9-7-13)22(29)30)20(28)25-23-27(19)26-21(32-23)14-4-2-1-3-5-14/h1-12,24H,(H,29,30)/p-1/b17-12-,24-19?. The Morgan fingerprint density at radius 1 is 1.03 bits per heavy atom. The minimum absolute atomic E-state index is 0.0561. The minimum Gasteiger partial charge on any atom is -0.545 e. The average Bonchev–Trinajstić information content (AvgIpc) is 3.45. The fourth-order valence-electron chi connectivity index (χ4n) is 3.19. The lowest BCUT2D eigenvalue weighted by molar-refractivity contribution is -0.255. The predicted octanol–water partition coefficient (Wildman–Crippen LogP) is 2.98. The number of carbonyl (C=O) groups excluding carboxylic acids is 2. The summed E-state index contributed by atoms with van der Waals surface area (Å²) in [6.07, 6.45) is 1.45. The number of aliphatic imine (C=N–C) groups is 1. The van der Waals surface area contributed by atoms with E-state index in [-0.39, 0.29) is 17.0 Å². The quantitative estimate of drug-likeness (QED) is 0.621. The van der Waals surface area contributed by atoms with Crippen molar-refractivity contribution in [2.45, 2.75) is 0 Å². The molecule has 156 valence electrons. The van der Waals surface area contributed by atoms with E-state index in [9.17, 15) is 14.7 Å². The van der Waals surface area contributed by atoms with Crippen LogP contribution in [0.25, 0.3) is 17.4 Å². The fourth-order valence-corrected chi connectivity index (χ4v) is 4.08. The van der Waals surface area contributed by atoms with Crippen LogP contribution in [0.4, 0.5) is 0 Å². The zero-order chi connectivity index (χ0) is 22.2. The summed E-state index contributed by atoms with van der Waals surface area (Å²) in [5.41, 5.74) is 1.66. The molecule has 1 N–H and O–H groups in total. The largest absolute Gasteiger partial charge is 0.545 e. The normalized spacial score (nSPS) is 16.8. The van der Waals surface area contributed by atoms with Crippen LogP contribution in [0.3, 0.4) is 0 Å². The molecule has 1 amide bonds. The van der Waals surface area contributed by atoms with Crippen LogP contribution in [-0.4, -0.2) is 32.9 Å². The van der Waals surface area contributed by atoms with Crippen molar-refractivity contribution in [1.82, 2.24) is 5.01 Å². The molecule has 0 aliphatic carbocycles. The lowest BCUT2D eigenvalue weighted by Crippen LogP contribution is -2.35. The minimum atomic E-state index is -1.26. The van der Waals surface area contributed by atoms with Gasteiger partial charge in [-0.1, -0.05) is 54.6 Å². The first-order valence-electron chi connectivity index (χ1n) is 9.47. The van der Waals surface area contributed by atoms with Crippen molar-refractivity contribution >= 4 is 45.8 Å². The average molecular weight is 441 g/mol. The number of furan rings is 1. The molecule has 3 aromatic rings. The Kier molecular flexibility index (Phi) is 4.79. The number of aromatic carboxylic acids is 1. The van der Waals surface area contributed by atoms with Crippen LogP contribution < -0.4 is 5.11 Å². The van der Waals surface area contributed by atoms with Crippen LogP contribution in [0.15, 0.2) is 86.8 Å². The highest BCUT2D eigenvalue weighted by molar-refractivity contribution is 8.27. The number of amidine groups is 2. The first-order valence-corrected chi connectivity index (χ1v) is 10.3. The van der Waals surface area contributed by atoms with Crippen LogP contribution in [0.5, 0.6) is 0 Å². The van der Waals surface area contributed by atoms with Gasteiger partial charge in [-0.3, -0.25) is 10.2 Å². The molecular formula is C23H13N4O4S-. The predicted molar refractivity (Wildman–Crippen MR) is 119 cm³/mol. The molecule has 1 aromatic heterocycles. The van der Waals surface area contributed by atoms with Crippen LogP contribution in [0.2, 0.25) is 0 Å². The van der Waals surface area contributed by atoms with Crippen molar-refractivity contribution in [1.29, 1.82) is 5.41 Å². The van der Waals surface area contributed by atoms with Crippen molar-refractivity contribution in [2.75, 3.05) is 0 Å². The topological polar surface area (TPSA) is 122 Å². The molecule has 0 saturated carbocycles. The fraction of sp³-hybridized carbons (Fsp3) is 0. The summed E-state index contributed by atoms with van der Waals surface area (Å²) in [7, 11) is 0. The second-order valence-corrected chi connectivity index (χ2v) is 7.81. The van der Waals surface area contributed by atoms with Gasteiger partial charge >= 0.3 is 0 Å². The number of nitrogens with one attached hydrogen (secondary N) is 1. The van der Waals surface area contributed by atoms with Gasteiger partial charge < -0.3 is 14.3 Å². The maximum atomic E-state index is 12.6. The van der Waals surface area contributed by atoms with E-state index in [0.29, 0.717) is 27.3 Å². The number of carbonyl (C=O) groups is 2. The van der Waals surface area contributed by atoms with Crippen molar-refractivity contribution in [3.8, 4) is 11.3 Å². The van der Waals surface area contributed by atoms with Crippen molar-refractivity contribution in [3.05, 3.63) is 89.2 Å². The summed E-state index contributed by atoms with van der Waals surface area (Å²) in [4.78, 5) is 27.6. The number of carboxylic acids is 1. The van der Waals surface area contributed by atoms with E-state index in [1.165, 1.54) is 35.0 Å². The number of thioether (sulfide) groups is 1. The lowest BCUT2D eigenvalue weighted by atomic mass is 10.1. The first kappa shape index (κ1) is 19.7. The summed E-state index contributed by atoms with van der Waals surface area (Å²) >= 11 is 1.24. The SMILES string of the molecule is N=C1/C(=C/c2ccc(-c3ccc(C(=O)[O-])cc3)o2)C(=O)N=C2SC(c3ccccc3)=NN12. The summed E-state index contributed by atoms with van der Waals surface area (Å²) in [5, 5.41) is 26.1. The number of hydrogen-bond acceptors (Lipinski definition) is 7. The molecular weight excluding hydrogens is 428 g/mol. The molecule has 0 spiro atoms. The van der Waals surface area contributed by atoms with Gasteiger partial charge in [0.1, 0.15) is 16.6 Å². The second kappa shape index (κ2) is 7.78. The van der Waals surface area contributed by atoms with Crippen LogP contribution in [-0.2, 0) is 4.79 Å². The Hall–Kier alpha value is -4.24. The Labute approximate surface area is 186 Å². The zero-order valence-corrected chi connectivity index (χ0v) is 17.1. The molecule has 0 fully saturated rings. The Morgan fingerprint density at radius 3 is 2.50 bits per heavy atom. The van der Waals surface area contributed by atoms with Crippen LogP contribution in [0, 0.1) is 5.41 Å². The Balaban J connectivity index is 1.42. The summed E-state index contributed by atoms with van der Waals surface area (Å²) < 4.78 is 5.77. The van der Waals surface area contributed by atoms with E-state index < -0.39 is 11.9 Å². The number of hydrogen-bond donors (Lipinski definition) is 1. The lowest BCUT2D eigenvalue weighted by Gasteiger charge is -2.19. The first-order chi connectivity index (χ1) is 15.5. The molecule has 0 atom stereocenters. The van der Waals surface area contributed by atoms with Crippen LogP contribution >= 0.6 is 11.8 Å². The van der Waals surface area contributed by atoms with E-state index in [2.05, 4.69) is 10.1 Å². The van der Waals surface area contributed by atoms with Gasteiger partial charge in [-0.05, 0) is 35.5 Å². The van der Waals surface area contributed by atoms with E-state index in [1.54, 1.807) is 24.3 Å². The molecule has 0 bridgehead atoms. The molecule has 0 saturated heterocycles. The maximum Gasteiger partial charge on any atom is 0.283 e. The number of hydrazone groups is 1. The van der Waals surface area contributed by atoms with Gasteiger partial charge in [0.05, 0.1) is 11.5 Å². The second-order valence-electron chi connectivity index (χ2n) is 6.86. The number of benzene rings is 2. The molecule has 8 nitrogen and oxygen atoms in total. The van der Waals surface area contributed by atoms with E-state index in [0.717, 1.165) is 5.56 Å². The van der Waals surface area contributed by atoms with Gasteiger partial charge in [-0.25, -0.2) is 0 Å². The van der Waals surface area contributed by atoms with Crippen molar-refractivity contribution in [3.63, 3.8) is 0 Å². The summed E-state index contributed by atoms with van der Waals surface area (Å²) in [6.45, 7) is 0. The third kappa shape index (κ3) is 3.54. The van der Waals surface area contributed by atoms with E-state index in [1.807, 2.05) is 30.3 Å². The molecule has 9 heteroatoms. The third-order valence-electron chi connectivity index (χ3n) is 4.79. The molecule has 32 heavy (non-hydrogen) atoms. The number of rotatable bonds is 4. The van der Waals surface area contributed by atoms with E-state index in [4.69, 9.17) is 9.83 Å². The number of carboxylic acid groups (broad SMARTS) is 1. The van der Waals surface area contributed by atoms with Gasteiger partial charge in [0.2, 0.25) is 5.17 Å². The van der Waals surface area contributed by atoms with Gasteiger partial charge in [-0.2, -0.15) is 15.1 Å². The monoisotopic (exact) mass is 441 g/mol. The molecule has 3 heterocycles. The maximum absolute atomic E-state index is 12.6. The molecule has 2 aliphatic heterocycles. The summed E-state index contributed by atoms with van der Waals surface area (Å²) in [5.74, 6) is -1.05. The van der Waals surface area contributed by atoms with Crippen molar-refractivity contribution in [2.24, 2.45) is 10.1 Å². The van der Waals surface area contributed by atoms with Crippen LogP contribution in [0.1, 0.15) is 21.7 Å². The van der Waals surface area contributed by atoms with Gasteiger partial charge in [0, 0.05) is 11.1 Å². The molecule has 2 aromatic carbocycles. The molecule has 0 radical (unpaired) electrons. The highest BCUT2D eigenvalue weighted by Crippen LogP contribution is 2.31. The third-order valence-corrected chi connectivity index (χ3v) is 5.75. The highest BCUT2D eigenvalue weighted by atomic mass is 32.2. The zero-order valence-electron chi connectivity index (χ0n) is 16.3. The Bertz CT molecular complexity index is 1350. The number of fused-ring (bicyclic) bond motifs is 1. The smallest absolute Gasteiger partial charge is 0.283 e. The van der Waals surface area contributed by atoms with Gasteiger partial charge in [0.25, 0.3) is 5.91 Å². The van der Waals surface area contributed by atoms with E-state index >= 15 is 0 Å². The Morgan fingerprint density at radius 2 is 1.78 bits per heavy atom. The molecule has 0 unspecified atom stereocenters. The molecule has 5 rings (SSSR count). The van der Waals surface area contributed by atoms with Gasteiger partial charge in [0.15, 0.2) is 5.84 Å². The number of nitrogens with zero attached hydrogens (tertiary/aromatic N) is 3. The summed E-state index contributed by atoms with van der Waals surface area (Å²) in [6, 6.07) is 18.9. The van der Waals surface area contributed by atoms with Crippen molar-refractivity contribution < 1.29 is 19.1 Å². The number of amides is 1.